The number of Topliss-reactive ketones (excluding diaryl/α,β-unsaturated/α-hetero) is 1. The molecular weight excluding hydrogens is 212 g/mol. The van der Waals surface area contributed by atoms with E-state index in [-0.39, 0.29) is 10.7 Å². The molecule has 1 rings (SSSR count). The number of carbonyl (C=O) groups is 1. The second-order valence-electron chi connectivity index (χ2n) is 3.61. The van der Waals surface area contributed by atoms with Gasteiger partial charge in [0.15, 0.2) is 9.84 Å². The van der Waals surface area contributed by atoms with Crippen LogP contribution in [0.3, 0.4) is 0 Å². The molecule has 1 unspecified atom stereocenters. The highest BCUT2D eigenvalue weighted by Crippen LogP contribution is 2.17. The van der Waals surface area contributed by atoms with Gasteiger partial charge in [0.1, 0.15) is 11.0 Å². The molecule has 0 aromatic heterocycles. The van der Waals surface area contributed by atoms with Crippen LogP contribution >= 0.6 is 0 Å². The van der Waals surface area contributed by atoms with Gasteiger partial charge in [0.05, 0.1) is 4.90 Å². The van der Waals surface area contributed by atoms with Gasteiger partial charge in [0, 0.05) is 0 Å². The number of aryl methyl sites for hydroxylation is 1. The number of sulfone groups is 1. The van der Waals surface area contributed by atoms with E-state index >= 15 is 0 Å². The molecule has 0 spiro atoms. The molecule has 1 atom stereocenters. The summed E-state index contributed by atoms with van der Waals surface area (Å²) < 4.78 is 23.8. The van der Waals surface area contributed by atoms with Gasteiger partial charge in [0.25, 0.3) is 0 Å². The number of rotatable bonds is 3. The number of ketones is 1. The number of benzene rings is 1. The summed E-state index contributed by atoms with van der Waals surface area (Å²) in [6.45, 7) is 4.52. The predicted octanol–water partition coefficient (Wildman–Crippen LogP) is 1.75. The maximum absolute atomic E-state index is 11.9. The summed E-state index contributed by atoms with van der Waals surface area (Å²) in [4.78, 5) is 11.3. The molecule has 0 aliphatic heterocycles. The van der Waals surface area contributed by atoms with E-state index in [1.807, 2.05) is 13.0 Å². The molecule has 0 aliphatic carbocycles. The van der Waals surface area contributed by atoms with Crippen molar-refractivity contribution in [2.45, 2.75) is 30.9 Å². The van der Waals surface area contributed by atoms with Gasteiger partial charge in [-0.25, -0.2) is 8.42 Å². The Bertz CT molecular complexity index is 474. The van der Waals surface area contributed by atoms with Crippen LogP contribution in [0.25, 0.3) is 0 Å². The van der Waals surface area contributed by atoms with Crippen LogP contribution in [0, 0.1) is 6.92 Å². The smallest absolute Gasteiger partial charge is 0.188 e. The van der Waals surface area contributed by atoms with Gasteiger partial charge >= 0.3 is 0 Å². The van der Waals surface area contributed by atoms with E-state index < -0.39 is 15.1 Å². The van der Waals surface area contributed by atoms with Crippen LogP contribution in [0.1, 0.15) is 19.4 Å². The van der Waals surface area contributed by atoms with Crippen molar-refractivity contribution in [2.24, 2.45) is 0 Å². The lowest BCUT2D eigenvalue weighted by molar-refractivity contribution is -0.116. The first kappa shape index (κ1) is 11.9. The van der Waals surface area contributed by atoms with Gasteiger partial charge in [-0.15, -0.1) is 0 Å². The van der Waals surface area contributed by atoms with Gasteiger partial charge in [-0.2, -0.15) is 0 Å². The maximum atomic E-state index is 11.9. The van der Waals surface area contributed by atoms with Gasteiger partial charge < -0.3 is 0 Å². The normalized spacial score (nSPS) is 13.5. The summed E-state index contributed by atoms with van der Waals surface area (Å²) in [6.07, 6.45) is 0. The van der Waals surface area contributed by atoms with Gasteiger partial charge in [-0.1, -0.05) is 12.1 Å². The Morgan fingerprint density at radius 3 is 2.40 bits per heavy atom. The molecule has 0 fully saturated rings. The lowest BCUT2D eigenvalue weighted by Crippen LogP contribution is -2.25. The van der Waals surface area contributed by atoms with Gasteiger partial charge in [-0.3, -0.25) is 4.79 Å². The van der Waals surface area contributed by atoms with E-state index in [2.05, 4.69) is 0 Å². The molecule has 4 heteroatoms. The van der Waals surface area contributed by atoms with Crippen molar-refractivity contribution >= 4 is 15.6 Å². The molecule has 0 bridgehead atoms. The fourth-order valence-electron chi connectivity index (χ4n) is 1.21. The van der Waals surface area contributed by atoms with Crippen LogP contribution in [-0.2, 0) is 14.6 Å². The minimum Gasteiger partial charge on any atom is -0.299 e. The molecule has 1 aromatic carbocycles. The Kier molecular flexibility index (Phi) is 3.29. The Hall–Kier alpha value is -1.16. The molecule has 0 radical (unpaired) electrons. The topological polar surface area (TPSA) is 51.2 Å². The molecular formula is C11H14O3S. The average Bonchev–Trinajstić information content (AvgIpc) is 2.16. The summed E-state index contributed by atoms with van der Waals surface area (Å²) in [7, 11) is -3.51. The highest BCUT2D eigenvalue weighted by atomic mass is 32.2. The Balaban J connectivity index is 3.23. The lowest BCUT2D eigenvalue weighted by Gasteiger charge is -2.09. The first-order valence-electron chi connectivity index (χ1n) is 4.66. The van der Waals surface area contributed by atoms with Crippen molar-refractivity contribution in [1.29, 1.82) is 0 Å². The Morgan fingerprint density at radius 1 is 1.33 bits per heavy atom. The quantitative estimate of drug-likeness (QED) is 0.789. The predicted molar refractivity (Wildman–Crippen MR) is 58.5 cm³/mol. The van der Waals surface area contributed by atoms with Crippen LogP contribution in [0.5, 0.6) is 0 Å². The third-order valence-electron chi connectivity index (χ3n) is 2.36. The van der Waals surface area contributed by atoms with Crippen LogP contribution in [-0.4, -0.2) is 19.5 Å². The first-order chi connectivity index (χ1) is 6.85. The second kappa shape index (κ2) is 4.14. The van der Waals surface area contributed by atoms with E-state index in [0.29, 0.717) is 0 Å². The fraction of sp³-hybridized carbons (Fsp3) is 0.364. The Morgan fingerprint density at radius 2 is 1.93 bits per heavy atom. The zero-order valence-electron chi connectivity index (χ0n) is 9.02. The zero-order valence-corrected chi connectivity index (χ0v) is 9.84. The minimum atomic E-state index is -3.51. The largest absolute Gasteiger partial charge is 0.299 e. The minimum absolute atomic E-state index is 0.213. The van der Waals surface area contributed by atoms with Crippen LogP contribution < -0.4 is 0 Å². The van der Waals surface area contributed by atoms with E-state index in [4.69, 9.17) is 0 Å². The molecule has 82 valence electrons. The molecule has 15 heavy (non-hydrogen) atoms. The maximum Gasteiger partial charge on any atom is 0.188 e. The van der Waals surface area contributed by atoms with E-state index in [1.54, 1.807) is 12.1 Å². The summed E-state index contributed by atoms with van der Waals surface area (Å²) in [5, 5.41) is -0.973. The third kappa shape index (κ3) is 2.45. The SMILES string of the molecule is CC(=O)C(C)S(=O)(=O)c1cccc(C)c1. The van der Waals surface area contributed by atoms with E-state index in [1.165, 1.54) is 19.9 Å². The van der Waals surface area contributed by atoms with Crippen LogP contribution in [0.15, 0.2) is 29.2 Å². The summed E-state index contributed by atoms with van der Waals surface area (Å²) in [5.41, 5.74) is 0.867. The standard InChI is InChI=1S/C11H14O3S/c1-8-5-4-6-11(7-8)15(13,14)10(3)9(2)12/h4-7,10H,1-3H3. The number of hydrogen-bond acceptors (Lipinski definition) is 3. The van der Waals surface area contributed by atoms with E-state index in [9.17, 15) is 13.2 Å². The van der Waals surface area contributed by atoms with Crippen molar-refractivity contribution in [3.63, 3.8) is 0 Å². The molecule has 0 amide bonds. The number of hydrogen-bond donors (Lipinski definition) is 0. The zero-order chi connectivity index (χ0) is 11.6. The van der Waals surface area contributed by atoms with Gasteiger partial charge in [-0.05, 0) is 38.5 Å². The highest BCUT2D eigenvalue weighted by molar-refractivity contribution is 7.92. The monoisotopic (exact) mass is 226 g/mol. The summed E-state index contributed by atoms with van der Waals surface area (Å²) in [5.74, 6) is -0.337. The van der Waals surface area contributed by atoms with Crippen molar-refractivity contribution in [3.05, 3.63) is 29.8 Å². The molecule has 0 heterocycles. The first-order valence-corrected chi connectivity index (χ1v) is 6.21. The van der Waals surface area contributed by atoms with Crippen LogP contribution in [0.2, 0.25) is 0 Å². The summed E-state index contributed by atoms with van der Waals surface area (Å²) >= 11 is 0. The molecule has 1 aromatic rings. The van der Waals surface area contributed by atoms with Crippen LogP contribution in [0.4, 0.5) is 0 Å². The van der Waals surface area contributed by atoms with Crippen molar-refractivity contribution < 1.29 is 13.2 Å². The third-order valence-corrected chi connectivity index (χ3v) is 4.53. The molecule has 0 saturated carbocycles. The molecule has 0 aliphatic rings. The van der Waals surface area contributed by atoms with Crippen molar-refractivity contribution in [1.82, 2.24) is 0 Å². The van der Waals surface area contributed by atoms with Crippen molar-refractivity contribution in [2.75, 3.05) is 0 Å². The Labute approximate surface area is 90.0 Å². The fourth-order valence-corrected chi connectivity index (χ4v) is 2.68. The average molecular weight is 226 g/mol. The van der Waals surface area contributed by atoms with E-state index in [0.717, 1.165) is 5.56 Å². The molecule has 0 N–H and O–H groups in total. The molecule has 3 nitrogen and oxygen atoms in total. The molecule has 0 saturated heterocycles. The van der Waals surface area contributed by atoms with Crippen molar-refractivity contribution in [3.8, 4) is 0 Å². The number of carbonyl (C=O) groups excluding carboxylic acids is 1. The summed E-state index contributed by atoms with van der Waals surface area (Å²) in [6, 6.07) is 6.59. The lowest BCUT2D eigenvalue weighted by atomic mass is 10.2. The highest BCUT2D eigenvalue weighted by Gasteiger charge is 2.26. The second-order valence-corrected chi connectivity index (χ2v) is 5.88. The van der Waals surface area contributed by atoms with Gasteiger partial charge in [0.2, 0.25) is 0 Å².